The number of likely N-dealkylation sites (tertiary alicyclic amines) is 1. The van der Waals surface area contributed by atoms with Gasteiger partial charge in [-0.15, -0.1) is 0 Å². The van der Waals surface area contributed by atoms with Gasteiger partial charge in [0.1, 0.15) is 0 Å². The summed E-state index contributed by atoms with van der Waals surface area (Å²) in [6.07, 6.45) is 4.59. The minimum absolute atomic E-state index is 0.361. The largest absolute Gasteiger partial charge is 0.305 e. The van der Waals surface area contributed by atoms with Crippen molar-refractivity contribution in [3.63, 3.8) is 0 Å². The number of rotatable bonds is 5. The summed E-state index contributed by atoms with van der Waals surface area (Å²) in [5, 5.41) is 7.86. The van der Waals surface area contributed by atoms with Crippen LogP contribution in [-0.2, 0) is 7.05 Å². The Morgan fingerprint density at radius 2 is 2.06 bits per heavy atom. The fourth-order valence-corrected chi connectivity index (χ4v) is 2.73. The van der Waals surface area contributed by atoms with Crippen molar-refractivity contribution in [2.24, 2.45) is 7.05 Å². The lowest BCUT2D eigenvalue weighted by atomic mass is 10.2. The van der Waals surface area contributed by atoms with Crippen LogP contribution in [0.3, 0.4) is 0 Å². The van der Waals surface area contributed by atoms with Gasteiger partial charge in [0.15, 0.2) is 0 Å². The van der Waals surface area contributed by atoms with Gasteiger partial charge in [-0.05, 0) is 45.8 Å². The molecule has 0 amide bonds. The Bertz CT molecular complexity index is 341. The molecule has 1 aromatic rings. The maximum absolute atomic E-state index is 4.21. The molecule has 2 atom stereocenters. The smallest absolute Gasteiger partial charge is 0.0547 e. The molecule has 17 heavy (non-hydrogen) atoms. The molecule has 0 aromatic carbocycles. The lowest BCUT2D eigenvalue weighted by Crippen LogP contribution is -2.39. The Morgan fingerprint density at radius 3 is 2.65 bits per heavy atom. The summed E-state index contributed by atoms with van der Waals surface area (Å²) in [6, 6.07) is 2.97. The lowest BCUT2D eigenvalue weighted by molar-refractivity contribution is 0.287. The van der Waals surface area contributed by atoms with Crippen LogP contribution < -0.4 is 5.32 Å². The molecule has 1 aliphatic heterocycles. The van der Waals surface area contributed by atoms with Crippen molar-refractivity contribution in [2.45, 2.75) is 38.8 Å². The molecule has 0 saturated carbocycles. The van der Waals surface area contributed by atoms with Crippen molar-refractivity contribution in [3.05, 3.63) is 18.0 Å². The minimum Gasteiger partial charge on any atom is -0.305 e. The molecule has 2 heterocycles. The van der Waals surface area contributed by atoms with Crippen molar-refractivity contribution in [3.8, 4) is 0 Å². The number of hydrogen-bond donors (Lipinski definition) is 1. The fraction of sp³-hybridized carbons (Fsp3) is 0.769. The van der Waals surface area contributed by atoms with Crippen LogP contribution in [0.4, 0.5) is 0 Å². The molecule has 1 fully saturated rings. The fourth-order valence-electron chi connectivity index (χ4n) is 2.73. The Balaban J connectivity index is 1.81. The van der Waals surface area contributed by atoms with Gasteiger partial charge in [0.2, 0.25) is 0 Å². The molecule has 0 bridgehead atoms. The first-order valence-corrected chi connectivity index (χ1v) is 6.63. The number of nitrogens with one attached hydrogen (secondary N) is 1. The molecule has 0 spiro atoms. The highest BCUT2D eigenvalue weighted by Gasteiger charge is 2.17. The monoisotopic (exact) mass is 236 g/mol. The zero-order valence-corrected chi connectivity index (χ0v) is 11.2. The van der Waals surface area contributed by atoms with Gasteiger partial charge in [-0.1, -0.05) is 0 Å². The molecule has 2 unspecified atom stereocenters. The Labute approximate surface area is 104 Å². The van der Waals surface area contributed by atoms with Crippen molar-refractivity contribution in [1.82, 2.24) is 20.0 Å². The van der Waals surface area contributed by atoms with E-state index in [0.717, 1.165) is 6.54 Å². The van der Waals surface area contributed by atoms with Crippen LogP contribution in [0.15, 0.2) is 12.3 Å². The van der Waals surface area contributed by atoms with Gasteiger partial charge in [0.05, 0.1) is 5.69 Å². The number of aryl methyl sites for hydroxylation is 1. The second kappa shape index (κ2) is 5.65. The van der Waals surface area contributed by atoms with Crippen LogP contribution in [0.25, 0.3) is 0 Å². The van der Waals surface area contributed by atoms with Gasteiger partial charge < -0.3 is 10.2 Å². The highest BCUT2D eigenvalue weighted by atomic mass is 15.3. The van der Waals surface area contributed by atoms with E-state index in [1.54, 1.807) is 0 Å². The lowest BCUT2D eigenvalue weighted by Gasteiger charge is -2.24. The first kappa shape index (κ1) is 12.6. The van der Waals surface area contributed by atoms with Crippen LogP contribution in [0.2, 0.25) is 0 Å². The quantitative estimate of drug-likeness (QED) is 0.842. The topological polar surface area (TPSA) is 33.1 Å². The SMILES string of the molecule is CC(CN1CCCC1)NC(C)c1ccnn1C. The molecule has 96 valence electrons. The molecule has 1 aliphatic rings. The summed E-state index contributed by atoms with van der Waals surface area (Å²) in [5.41, 5.74) is 1.25. The summed E-state index contributed by atoms with van der Waals surface area (Å²) < 4.78 is 1.94. The van der Waals surface area contributed by atoms with Crippen LogP contribution in [0.5, 0.6) is 0 Å². The highest BCUT2D eigenvalue weighted by Crippen LogP contribution is 2.13. The van der Waals surface area contributed by atoms with E-state index in [9.17, 15) is 0 Å². The molecule has 0 aliphatic carbocycles. The van der Waals surface area contributed by atoms with Crippen molar-refractivity contribution in [1.29, 1.82) is 0 Å². The maximum atomic E-state index is 4.21. The predicted molar refractivity (Wildman–Crippen MR) is 69.9 cm³/mol. The molecular formula is C13H24N4. The molecular weight excluding hydrogens is 212 g/mol. The Morgan fingerprint density at radius 1 is 1.35 bits per heavy atom. The standard InChI is InChI=1S/C13H24N4/c1-11(10-17-8-4-5-9-17)15-12(2)13-6-7-14-16(13)3/h6-7,11-12,15H,4-5,8-10H2,1-3H3. The summed E-state index contributed by atoms with van der Waals surface area (Å²) in [6.45, 7) is 8.17. The van der Waals surface area contributed by atoms with Gasteiger partial charge in [-0.2, -0.15) is 5.10 Å². The van der Waals surface area contributed by atoms with E-state index in [-0.39, 0.29) is 0 Å². The molecule has 4 heteroatoms. The predicted octanol–water partition coefficient (Wildman–Crippen LogP) is 1.55. The van der Waals surface area contributed by atoms with E-state index in [1.165, 1.54) is 31.6 Å². The Hall–Kier alpha value is -0.870. The average Bonchev–Trinajstić information content (AvgIpc) is 2.88. The van der Waals surface area contributed by atoms with E-state index in [1.807, 2.05) is 17.9 Å². The van der Waals surface area contributed by atoms with Crippen LogP contribution in [-0.4, -0.2) is 40.4 Å². The van der Waals surface area contributed by atoms with Gasteiger partial charge in [-0.25, -0.2) is 0 Å². The van der Waals surface area contributed by atoms with E-state index < -0.39 is 0 Å². The summed E-state index contributed by atoms with van der Waals surface area (Å²) >= 11 is 0. The van der Waals surface area contributed by atoms with Crippen LogP contribution in [0.1, 0.15) is 38.4 Å². The molecule has 1 aromatic heterocycles. The van der Waals surface area contributed by atoms with Gasteiger partial charge in [-0.3, -0.25) is 4.68 Å². The van der Waals surface area contributed by atoms with Crippen molar-refractivity contribution < 1.29 is 0 Å². The summed E-state index contributed by atoms with van der Waals surface area (Å²) in [4.78, 5) is 2.55. The molecule has 2 rings (SSSR count). The van der Waals surface area contributed by atoms with Crippen LogP contribution >= 0.6 is 0 Å². The number of hydrogen-bond acceptors (Lipinski definition) is 3. The molecule has 0 radical (unpaired) electrons. The highest BCUT2D eigenvalue weighted by molar-refractivity contribution is 5.05. The third kappa shape index (κ3) is 3.30. The van der Waals surface area contributed by atoms with Crippen LogP contribution in [0, 0.1) is 0 Å². The van der Waals surface area contributed by atoms with E-state index in [2.05, 4.69) is 35.2 Å². The van der Waals surface area contributed by atoms with E-state index >= 15 is 0 Å². The molecule has 1 saturated heterocycles. The zero-order valence-electron chi connectivity index (χ0n) is 11.2. The number of aromatic nitrogens is 2. The summed E-state index contributed by atoms with van der Waals surface area (Å²) in [7, 11) is 2.00. The normalized spacial score (nSPS) is 20.6. The molecule has 4 nitrogen and oxygen atoms in total. The number of nitrogens with zero attached hydrogens (tertiary/aromatic N) is 3. The van der Waals surface area contributed by atoms with Crippen molar-refractivity contribution >= 4 is 0 Å². The second-order valence-corrected chi connectivity index (χ2v) is 5.18. The van der Waals surface area contributed by atoms with Crippen molar-refractivity contribution in [2.75, 3.05) is 19.6 Å². The van der Waals surface area contributed by atoms with E-state index in [4.69, 9.17) is 0 Å². The first-order valence-electron chi connectivity index (χ1n) is 6.63. The Kier molecular flexibility index (Phi) is 4.18. The van der Waals surface area contributed by atoms with Gasteiger partial charge in [0.25, 0.3) is 0 Å². The third-order valence-electron chi connectivity index (χ3n) is 3.57. The average molecular weight is 236 g/mol. The zero-order chi connectivity index (χ0) is 12.3. The maximum Gasteiger partial charge on any atom is 0.0547 e. The van der Waals surface area contributed by atoms with Gasteiger partial charge >= 0.3 is 0 Å². The second-order valence-electron chi connectivity index (χ2n) is 5.18. The first-order chi connectivity index (χ1) is 8.16. The molecule has 1 N–H and O–H groups in total. The third-order valence-corrected chi connectivity index (χ3v) is 3.57. The summed E-state index contributed by atoms with van der Waals surface area (Å²) in [5.74, 6) is 0. The van der Waals surface area contributed by atoms with E-state index in [0.29, 0.717) is 12.1 Å². The van der Waals surface area contributed by atoms with Gasteiger partial charge in [0, 0.05) is 31.9 Å². The minimum atomic E-state index is 0.361.